The standard InChI is InChI=1S/C15H25NO3/c1-5-6-16(7-8-17)11-13-10-15(19-4)14(18-3)9-12(13)2/h9-10,17H,5-8,11H2,1-4H3. The summed E-state index contributed by atoms with van der Waals surface area (Å²) in [4.78, 5) is 2.24. The largest absolute Gasteiger partial charge is 0.493 e. The Balaban J connectivity index is 2.92. The Morgan fingerprint density at radius 3 is 2.26 bits per heavy atom. The molecule has 0 saturated carbocycles. The highest BCUT2D eigenvalue weighted by atomic mass is 16.5. The van der Waals surface area contributed by atoms with Gasteiger partial charge in [0.1, 0.15) is 0 Å². The van der Waals surface area contributed by atoms with Gasteiger partial charge in [0.05, 0.1) is 20.8 Å². The lowest BCUT2D eigenvalue weighted by Crippen LogP contribution is -2.27. The number of hydrogen-bond acceptors (Lipinski definition) is 4. The van der Waals surface area contributed by atoms with Crippen molar-refractivity contribution >= 4 is 0 Å². The molecule has 0 aliphatic rings. The molecule has 108 valence electrons. The van der Waals surface area contributed by atoms with E-state index in [9.17, 15) is 0 Å². The molecule has 1 N–H and O–H groups in total. The van der Waals surface area contributed by atoms with Gasteiger partial charge in [-0.1, -0.05) is 6.92 Å². The van der Waals surface area contributed by atoms with E-state index in [2.05, 4.69) is 18.7 Å². The first-order chi connectivity index (χ1) is 9.15. The van der Waals surface area contributed by atoms with E-state index in [-0.39, 0.29) is 6.61 Å². The Bertz CT molecular complexity index is 387. The number of aliphatic hydroxyl groups excluding tert-OH is 1. The van der Waals surface area contributed by atoms with Gasteiger partial charge in [0, 0.05) is 13.1 Å². The van der Waals surface area contributed by atoms with Crippen LogP contribution >= 0.6 is 0 Å². The summed E-state index contributed by atoms with van der Waals surface area (Å²) in [5.74, 6) is 1.51. The van der Waals surface area contributed by atoms with E-state index in [1.165, 1.54) is 11.1 Å². The molecule has 0 atom stereocenters. The third kappa shape index (κ3) is 4.40. The summed E-state index contributed by atoms with van der Waals surface area (Å²) < 4.78 is 10.6. The molecule has 0 bridgehead atoms. The van der Waals surface area contributed by atoms with Crippen LogP contribution in [0.2, 0.25) is 0 Å². The lowest BCUT2D eigenvalue weighted by molar-refractivity contribution is 0.190. The number of methoxy groups -OCH3 is 2. The van der Waals surface area contributed by atoms with Crippen LogP contribution in [0.3, 0.4) is 0 Å². The van der Waals surface area contributed by atoms with Gasteiger partial charge in [-0.25, -0.2) is 0 Å². The molecule has 0 amide bonds. The minimum atomic E-state index is 0.187. The number of rotatable bonds is 8. The number of hydrogen-bond donors (Lipinski definition) is 1. The molecule has 0 aromatic heterocycles. The van der Waals surface area contributed by atoms with Crippen molar-refractivity contribution in [3.63, 3.8) is 0 Å². The van der Waals surface area contributed by atoms with Crippen LogP contribution in [0.15, 0.2) is 12.1 Å². The number of ether oxygens (including phenoxy) is 2. The monoisotopic (exact) mass is 267 g/mol. The number of benzene rings is 1. The van der Waals surface area contributed by atoms with E-state index in [0.717, 1.165) is 31.0 Å². The molecule has 0 fully saturated rings. The minimum Gasteiger partial charge on any atom is -0.493 e. The molecule has 1 aromatic rings. The maximum Gasteiger partial charge on any atom is 0.161 e. The van der Waals surface area contributed by atoms with E-state index in [1.54, 1.807) is 14.2 Å². The Kier molecular flexibility index (Phi) is 6.67. The Morgan fingerprint density at radius 2 is 1.74 bits per heavy atom. The fourth-order valence-electron chi connectivity index (χ4n) is 2.16. The third-order valence-corrected chi connectivity index (χ3v) is 3.19. The van der Waals surface area contributed by atoms with Crippen molar-refractivity contribution in [2.24, 2.45) is 0 Å². The van der Waals surface area contributed by atoms with Gasteiger partial charge in [-0.05, 0) is 43.1 Å². The summed E-state index contributed by atoms with van der Waals surface area (Å²) >= 11 is 0. The summed E-state index contributed by atoms with van der Waals surface area (Å²) in [6.45, 7) is 6.90. The number of aliphatic hydroxyl groups is 1. The van der Waals surface area contributed by atoms with E-state index < -0.39 is 0 Å². The van der Waals surface area contributed by atoms with Crippen LogP contribution in [0, 0.1) is 6.92 Å². The fourth-order valence-corrected chi connectivity index (χ4v) is 2.16. The molecular formula is C15H25NO3. The van der Waals surface area contributed by atoms with Crippen molar-refractivity contribution in [2.45, 2.75) is 26.8 Å². The van der Waals surface area contributed by atoms with Crippen LogP contribution in [0.4, 0.5) is 0 Å². The molecular weight excluding hydrogens is 242 g/mol. The van der Waals surface area contributed by atoms with Gasteiger partial charge in [0.15, 0.2) is 11.5 Å². The topological polar surface area (TPSA) is 41.9 Å². The fraction of sp³-hybridized carbons (Fsp3) is 0.600. The number of aryl methyl sites for hydroxylation is 1. The molecule has 0 radical (unpaired) electrons. The zero-order valence-electron chi connectivity index (χ0n) is 12.4. The first-order valence-corrected chi connectivity index (χ1v) is 6.71. The summed E-state index contributed by atoms with van der Waals surface area (Å²) in [5.41, 5.74) is 2.39. The molecule has 0 aliphatic carbocycles. The van der Waals surface area contributed by atoms with Gasteiger partial charge in [-0.3, -0.25) is 4.90 Å². The first kappa shape index (κ1) is 15.8. The predicted molar refractivity (Wildman–Crippen MR) is 76.9 cm³/mol. The van der Waals surface area contributed by atoms with Crippen molar-refractivity contribution in [3.05, 3.63) is 23.3 Å². The van der Waals surface area contributed by atoms with Crippen molar-refractivity contribution in [1.29, 1.82) is 0 Å². The van der Waals surface area contributed by atoms with E-state index >= 15 is 0 Å². The zero-order valence-corrected chi connectivity index (χ0v) is 12.4. The van der Waals surface area contributed by atoms with Crippen LogP contribution in [-0.2, 0) is 6.54 Å². The Hall–Kier alpha value is -1.26. The first-order valence-electron chi connectivity index (χ1n) is 6.71. The second kappa shape index (κ2) is 8.02. The SMILES string of the molecule is CCCN(CCO)Cc1cc(OC)c(OC)cc1C. The molecule has 0 spiro atoms. The van der Waals surface area contributed by atoms with Gasteiger partial charge in [-0.15, -0.1) is 0 Å². The van der Waals surface area contributed by atoms with Gasteiger partial charge in [-0.2, -0.15) is 0 Å². The van der Waals surface area contributed by atoms with Crippen molar-refractivity contribution < 1.29 is 14.6 Å². The van der Waals surface area contributed by atoms with Crippen LogP contribution in [0.5, 0.6) is 11.5 Å². The normalized spacial score (nSPS) is 10.8. The molecule has 4 heteroatoms. The maximum atomic E-state index is 9.11. The minimum absolute atomic E-state index is 0.187. The lowest BCUT2D eigenvalue weighted by atomic mass is 10.1. The highest BCUT2D eigenvalue weighted by Gasteiger charge is 2.11. The quantitative estimate of drug-likeness (QED) is 0.784. The van der Waals surface area contributed by atoms with Gasteiger partial charge < -0.3 is 14.6 Å². The Morgan fingerprint density at radius 1 is 1.11 bits per heavy atom. The molecule has 0 aliphatic heterocycles. The van der Waals surface area contributed by atoms with Crippen LogP contribution < -0.4 is 9.47 Å². The molecule has 0 saturated heterocycles. The summed E-state index contributed by atoms with van der Waals surface area (Å²) in [5, 5.41) is 9.11. The number of nitrogens with zero attached hydrogens (tertiary/aromatic N) is 1. The van der Waals surface area contributed by atoms with Gasteiger partial charge in [0.25, 0.3) is 0 Å². The smallest absolute Gasteiger partial charge is 0.161 e. The summed E-state index contributed by atoms with van der Waals surface area (Å²) in [6, 6.07) is 4.02. The molecule has 4 nitrogen and oxygen atoms in total. The lowest BCUT2D eigenvalue weighted by Gasteiger charge is -2.22. The van der Waals surface area contributed by atoms with Crippen LogP contribution in [0.25, 0.3) is 0 Å². The van der Waals surface area contributed by atoms with Crippen molar-refractivity contribution in [3.8, 4) is 11.5 Å². The van der Waals surface area contributed by atoms with Crippen LogP contribution in [0.1, 0.15) is 24.5 Å². The molecule has 1 aromatic carbocycles. The Labute approximate surface area is 115 Å². The third-order valence-electron chi connectivity index (χ3n) is 3.19. The molecule has 0 heterocycles. The predicted octanol–water partition coefficient (Wildman–Crippen LogP) is 2.22. The average molecular weight is 267 g/mol. The van der Waals surface area contributed by atoms with E-state index in [4.69, 9.17) is 14.6 Å². The summed E-state index contributed by atoms with van der Waals surface area (Å²) in [7, 11) is 3.29. The molecule has 19 heavy (non-hydrogen) atoms. The molecule has 1 rings (SSSR count). The van der Waals surface area contributed by atoms with Gasteiger partial charge in [0.2, 0.25) is 0 Å². The second-order valence-corrected chi connectivity index (χ2v) is 4.63. The van der Waals surface area contributed by atoms with Crippen molar-refractivity contribution in [1.82, 2.24) is 4.90 Å². The van der Waals surface area contributed by atoms with Crippen LogP contribution in [-0.4, -0.2) is 43.9 Å². The molecule has 0 unspecified atom stereocenters. The van der Waals surface area contributed by atoms with E-state index in [0.29, 0.717) is 6.54 Å². The van der Waals surface area contributed by atoms with Crippen molar-refractivity contribution in [2.75, 3.05) is 33.9 Å². The highest BCUT2D eigenvalue weighted by molar-refractivity contribution is 5.47. The maximum absolute atomic E-state index is 9.11. The van der Waals surface area contributed by atoms with E-state index in [1.807, 2.05) is 12.1 Å². The zero-order chi connectivity index (χ0) is 14.3. The highest BCUT2D eigenvalue weighted by Crippen LogP contribution is 2.30. The van der Waals surface area contributed by atoms with Gasteiger partial charge >= 0.3 is 0 Å². The summed E-state index contributed by atoms with van der Waals surface area (Å²) in [6.07, 6.45) is 1.08. The second-order valence-electron chi connectivity index (χ2n) is 4.63. The average Bonchev–Trinajstić information content (AvgIpc) is 2.41.